The zero-order chi connectivity index (χ0) is 18.8. The van der Waals surface area contributed by atoms with Crippen LogP contribution < -0.4 is 4.74 Å². The van der Waals surface area contributed by atoms with Crippen molar-refractivity contribution in [3.8, 4) is 11.5 Å². The average molecular weight is 369 g/mol. The van der Waals surface area contributed by atoms with E-state index in [0.717, 1.165) is 38.2 Å². The lowest BCUT2D eigenvalue weighted by Crippen LogP contribution is -2.53. The van der Waals surface area contributed by atoms with E-state index in [9.17, 15) is 9.50 Å². The van der Waals surface area contributed by atoms with Gasteiger partial charge in [0.1, 0.15) is 17.6 Å². The van der Waals surface area contributed by atoms with Gasteiger partial charge in [-0.05, 0) is 66.1 Å². The highest BCUT2D eigenvalue weighted by Crippen LogP contribution is 2.42. The third-order valence-electron chi connectivity index (χ3n) is 5.97. The topological polar surface area (TPSA) is 32.7 Å². The van der Waals surface area contributed by atoms with E-state index in [1.54, 1.807) is 6.07 Å². The van der Waals surface area contributed by atoms with Crippen LogP contribution in [0.4, 0.5) is 4.39 Å². The first kappa shape index (κ1) is 18.3. The fourth-order valence-electron chi connectivity index (χ4n) is 4.49. The van der Waals surface area contributed by atoms with Crippen LogP contribution in [0, 0.1) is 5.92 Å². The van der Waals surface area contributed by atoms with E-state index in [1.165, 1.54) is 16.7 Å². The molecule has 1 heterocycles. The van der Waals surface area contributed by atoms with E-state index in [2.05, 4.69) is 42.2 Å². The molecule has 0 bridgehead atoms. The number of phenols is 1. The van der Waals surface area contributed by atoms with E-state index < -0.39 is 0 Å². The molecule has 0 radical (unpaired) electrons. The number of aromatic hydroxyl groups is 1. The van der Waals surface area contributed by atoms with Crippen LogP contribution in [0.2, 0.25) is 0 Å². The van der Waals surface area contributed by atoms with Crippen LogP contribution in [0.5, 0.6) is 11.5 Å². The molecule has 27 heavy (non-hydrogen) atoms. The second kappa shape index (κ2) is 7.89. The first-order chi connectivity index (χ1) is 13.1. The molecular formula is C23H28FNO2. The normalized spacial score (nSPS) is 22.9. The van der Waals surface area contributed by atoms with Gasteiger partial charge in [0.15, 0.2) is 0 Å². The Bertz CT molecular complexity index is 770. The Hall–Kier alpha value is -2.07. The van der Waals surface area contributed by atoms with Gasteiger partial charge in [-0.15, -0.1) is 0 Å². The van der Waals surface area contributed by atoms with Crippen molar-refractivity contribution in [2.24, 2.45) is 5.92 Å². The predicted molar refractivity (Wildman–Crippen MR) is 105 cm³/mol. The second-order valence-corrected chi connectivity index (χ2v) is 7.99. The van der Waals surface area contributed by atoms with Crippen molar-refractivity contribution in [2.45, 2.75) is 38.2 Å². The van der Waals surface area contributed by atoms with Gasteiger partial charge in [0.2, 0.25) is 0 Å². The predicted octanol–water partition coefficient (Wildman–Crippen LogP) is 4.53. The largest absolute Gasteiger partial charge is 0.508 e. The van der Waals surface area contributed by atoms with Crippen LogP contribution >= 0.6 is 0 Å². The number of alkyl halides is 1. The van der Waals surface area contributed by atoms with Gasteiger partial charge < -0.3 is 9.84 Å². The summed E-state index contributed by atoms with van der Waals surface area (Å²) in [6, 6.07) is 14.3. The Balaban J connectivity index is 1.42. The Morgan fingerprint density at radius 1 is 1.15 bits per heavy atom. The number of hydrogen-bond acceptors (Lipinski definition) is 3. The van der Waals surface area contributed by atoms with Crippen LogP contribution in [0.1, 0.15) is 42.4 Å². The lowest BCUT2D eigenvalue weighted by molar-refractivity contribution is 0.0184. The number of ether oxygens (including phenoxy) is 1. The molecule has 1 fully saturated rings. The van der Waals surface area contributed by atoms with Crippen molar-refractivity contribution in [3.05, 3.63) is 59.2 Å². The molecule has 1 aliphatic carbocycles. The quantitative estimate of drug-likeness (QED) is 0.812. The number of aryl methyl sites for hydroxylation is 1. The third kappa shape index (κ3) is 3.96. The fraction of sp³-hybridized carbons (Fsp3) is 0.478. The summed E-state index contributed by atoms with van der Waals surface area (Å²) in [6.07, 6.45) is 2.99. The SMILES string of the molecule is C[C@@H]1CCc2cc(O)ccc2[C@@H]1c1ccc(OC2CN(CCCF)C2)cc1. The second-order valence-electron chi connectivity index (χ2n) is 7.99. The molecule has 144 valence electrons. The maximum atomic E-state index is 12.2. The first-order valence-corrected chi connectivity index (χ1v) is 10.0. The summed E-state index contributed by atoms with van der Waals surface area (Å²) >= 11 is 0. The molecule has 4 rings (SSSR count). The number of benzene rings is 2. The summed E-state index contributed by atoms with van der Waals surface area (Å²) in [5.74, 6) is 2.20. The van der Waals surface area contributed by atoms with Crippen LogP contribution in [-0.2, 0) is 6.42 Å². The Morgan fingerprint density at radius 3 is 2.67 bits per heavy atom. The van der Waals surface area contributed by atoms with Crippen LogP contribution in [0.25, 0.3) is 0 Å². The van der Waals surface area contributed by atoms with E-state index >= 15 is 0 Å². The smallest absolute Gasteiger partial charge is 0.124 e. The van der Waals surface area contributed by atoms with E-state index in [0.29, 0.717) is 24.0 Å². The van der Waals surface area contributed by atoms with Crippen molar-refractivity contribution in [3.63, 3.8) is 0 Å². The Kier molecular flexibility index (Phi) is 5.35. The first-order valence-electron chi connectivity index (χ1n) is 10.0. The van der Waals surface area contributed by atoms with Crippen molar-refractivity contribution in [2.75, 3.05) is 26.3 Å². The molecule has 0 unspecified atom stereocenters. The molecule has 2 aromatic rings. The minimum absolute atomic E-state index is 0.216. The van der Waals surface area contributed by atoms with Gasteiger partial charge in [-0.2, -0.15) is 0 Å². The number of phenolic OH excluding ortho intramolecular Hbond substituents is 1. The molecule has 0 spiro atoms. The summed E-state index contributed by atoms with van der Waals surface area (Å²) in [4.78, 5) is 2.23. The lowest BCUT2D eigenvalue weighted by Gasteiger charge is -2.39. The zero-order valence-electron chi connectivity index (χ0n) is 15.9. The standard InChI is InChI=1S/C23H28FNO2/c1-16-3-4-18-13-19(26)7-10-22(18)23(16)17-5-8-20(9-6-17)27-21-14-25(15-21)12-2-11-24/h5-10,13,16,21,23,26H,2-4,11-12,14-15H2,1H3/t16-,23+/m1/s1. The minimum Gasteiger partial charge on any atom is -0.508 e. The highest BCUT2D eigenvalue weighted by molar-refractivity contribution is 5.45. The summed E-state index contributed by atoms with van der Waals surface area (Å²) in [7, 11) is 0. The van der Waals surface area contributed by atoms with Gasteiger partial charge in [0.05, 0.1) is 6.67 Å². The number of fused-ring (bicyclic) bond motifs is 1. The van der Waals surface area contributed by atoms with Crippen LogP contribution in [-0.4, -0.2) is 42.4 Å². The van der Waals surface area contributed by atoms with Crippen LogP contribution in [0.15, 0.2) is 42.5 Å². The molecule has 4 heteroatoms. The summed E-state index contributed by atoms with van der Waals surface area (Å²) < 4.78 is 18.3. The van der Waals surface area contributed by atoms with Crippen molar-refractivity contribution in [1.82, 2.24) is 4.90 Å². The fourth-order valence-corrected chi connectivity index (χ4v) is 4.49. The zero-order valence-corrected chi connectivity index (χ0v) is 15.9. The van der Waals surface area contributed by atoms with Gasteiger partial charge in [0, 0.05) is 25.6 Å². The monoisotopic (exact) mass is 369 g/mol. The van der Waals surface area contributed by atoms with Crippen LogP contribution in [0.3, 0.4) is 0 Å². The third-order valence-corrected chi connectivity index (χ3v) is 5.97. The molecule has 2 aliphatic rings. The van der Waals surface area contributed by atoms with Gasteiger partial charge in [-0.3, -0.25) is 9.29 Å². The highest BCUT2D eigenvalue weighted by atomic mass is 19.1. The van der Waals surface area contributed by atoms with Gasteiger partial charge in [-0.25, -0.2) is 0 Å². The molecular weight excluding hydrogens is 341 g/mol. The van der Waals surface area contributed by atoms with Gasteiger partial charge >= 0.3 is 0 Å². The molecule has 2 aromatic carbocycles. The number of hydrogen-bond donors (Lipinski definition) is 1. The average Bonchev–Trinajstić information content (AvgIpc) is 2.64. The molecule has 0 aromatic heterocycles. The van der Waals surface area contributed by atoms with Crippen molar-refractivity contribution >= 4 is 0 Å². The molecule has 3 nitrogen and oxygen atoms in total. The van der Waals surface area contributed by atoms with Gasteiger partial charge in [-0.1, -0.05) is 25.1 Å². The number of halogens is 1. The Morgan fingerprint density at radius 2 is 1.93 bits per heavy atom. The van der Waals surface area contributed by atoms with Crippen molar-refractivity contribution in [1.29, 1.82) is 0 Å². The van der Waals surface area contributed by atoms with Crippen molar-refractivity contribution < 1.29 is 14.2 Å². The summed E-state index contributed by atoms with van der Waals surface area (Å²) in [6.45, 7) is 4.66. The number of nitrogens with zero attached hydrogens (tertiary/aromatic N) is 1. The molecule has 2 atom stereocenters. The summed E-state index contributed by atoms with van der Waals surface area (Å²) in [5.41, 5.74) is 3.91. The molecule has 0 amide bonds. The Labute approximate surface area is 160 Å². The lowest BCUT2D eigenvalue weighted by atomic mass is 9.72. The molecule has 1 N–H and O–H groups in total. The minimum atomic E-state index is -0.244. The maximum Gasteiger partial charge on any atom is 0.124 e. The van der Waals surface area contributed by atoms with Gasteiger partial charge in [0.25, 0.3) is 0 Å². The number of likely N-dealkylation sites (tertiary alicyclic amines) is 1. The molecule has 0 saturated carbocycles. The van der Waals surface area contributed by atoms with E-state index in [-0.39, 0.29) is 12.8 Å². The van der Waals surface area contributed by atoms with E-state index in [4.69, 9.17) is 4.74 Å². The number of rotatable bonds is 6. The maximum absolute atomic E-state index is 12.2. The summed E-state index contributed by atoms with van der Waals surface area (Å²) in [5, 5.41) is 9.79. The molecule has 1 aliphatic heterocycles. The highest BCUT2D eigenvalue weighted by Gasteiger charge is 2.29. The molecule has 1 saturated heterocycles. The van der Waals surface area contributed by atoms with E-state index in [1.807, 2.05) is 6.07 Å².